The minimum atomic E-state index is -4.27. The summed E-state index contributed by atoms with van der Waals surface area (Å²) in [5, 5.41) is 3.30. The molecule has 3 aromatic carbocycles. The van der Waals surface area contributed by atoms with Gasteiger partial charge in [-0.3, -0.25) is 13.9 Å². The fourth-order valence-electron chi connectivity index (χ4n) is 4.34. The quantitative estimate of drug-likeness (QED) is 0.299. The van der Waals surface area contributed by atoms with Crippen LogP contribution in [0.25, 0.3) is 0 Å². The molecule has 0 saturated carbocycles. The van der Waals surface area contributed by atoms with Crippen LogP contribution < -0.4 is 19.1 Å². The Morgan fingerprint density at radius 1 is 0.927 bits per heavy atom. The van der Waals surface area contributed by atoms with Crippen LogP contribution >= 0.6 is 11.6 Å². The van der Waals surface area contributed by atoms with Crippen LogP contribution in [0.15, 0.2) is 77.7 Å². The Morgan fingerprint density at radius 2 is 1.56 bits per heavy atom. The number of amides is 2. The molecule has 1 N–H and O–H groups in total. The summed E-state index contributed by atoms with van der Waals surface area (Å²) in [7, 11) is -1.41. The zero-order valence-electron chi connectivity index (χ0n) is 23.8. The Kier molecular flexibility index (Phi) is 11.0. The zero-order chi connectivity index (χ0) is 30.2. The lowest BCUT2D eigenvalue weighted by Crippen LogP contribution is -2.53. The fourth-order valence-corrected chi connectivity index (χ4v) is 5.96. The lowest BCUT2D eigenvalue weighted by molar-refractivity contribution is -0.140. The second-order valence-electron chi connectivity index (χ2n) is 9.56. The number of halogens is 1. The number of hydrogen-bond donors (Lipinski definition) is 1. The van der Waals surface area contributed by atoms with Gasteiger partial charge in [-0.25, -0.2) is 8.42 Å². The first kappa shape index (κ1) is 31.8. The highest BCUT2D eigenvalue weighted by atomic mass is 35.5. The molecule has 11 heteroatoms. The van der Waals surface area contributed by atoms with Gasteiger partial charge < -0.3 is 19.7 Å². The second-order valence-corrected chi connectivity index (χ2v) is 11.8. The molecule has 9 nitrogen and oxygen atoms in total. The summed E-state index contributed by atoms with van der Waals surface area (Å²) in [4.78, 5) is 28.6. The summed E-state index contributed by atoms with van der Waals surface area (Å²) in [6.45, 7) is 4.92. The van der Waals surface area contributed by atoms with Crippen molar-refractivity contribution in [1.82, 2.24) is 10.2 Å². The van der Waals surface area contributed by atoms with Crippen LogP contribution in [-0.4, -0.2) is 58.0 Å². The zero-order valence-corrected chi connectivity index (χ0v) is 25.4. The number of sulfonamides is 1. The Balaban J connectivity index is 2.09. The molecule has 0 spiro atoms. The van der Waals surface area contributed by atoms with Crippen LogP contribution in [-0.2, 0) is 26.2 Å². The van der Waals surface area contributed by atoms with E-state index in [9.17, 15) is 18.0 Å². The smallest absolute Gasteiger partial charge is 0.264 e. The Labute approximate surface area is 247 Å². The van der Waals surface area contributed by atoms with Crippen molar-refractivity contribution in [2.75, 3.05) is 25.1 Å². The maximum Gasteiger partial charge on any atom is 0.264 e. The molecule has 0 fully saturated rings. The summed E-state index contributed by atoms with van der Waals surface area (Å²) < 4.78 is 39.7. The van der Waals surface area contributed by atoms with Gasteiger partial charge >= 0.3 is 0 Å². The lowest BCUT2D eigenvalue weighted by atomic mass is 10.1. The number of carbonyl (C=O) groups excluding carboxylic acids is 2. The van der Waals surface area contributed by atoms with E-state index in [1.807, 2.05) is 13.8 Å². The van der Waals surface area contributed by atoms with Gasteiger partial charge in [-0.1, -0.05) is 54.9 Å². The number of ether oxygens (including phenoxy) is 2. The molecule has 3 aromatic rings. The molecule has 0 unspecified atom stereocenters. The van der Waals surface area contributed by atoms with E-state index in [1.54, 1.807) is 61.5 Å². The normalized spacial score (nSPS) is 12.0. The van der Waals surface area contributed by atoms with Crippen molar-refractivity contribution in [2.45, 2.75) is 50.7 Å². The number of hydrogen-bond acceptors (Lipinski definition) is 6. The van der Waals surface area contributed by atoms with Crippen molar-refractivity contribution in [1.29, 1.82) is 0 Å². The molecule has 3 rings (SSSR count). The Morgan fingerprint density at radius 3 is 2.15 bits per heavy atom. The van der Waals surface area contributed by atoms with E-state index in [-0.39, 0.29) is 34.8 Å². The number of nitrogens with one attached hydrogen (secondary N) is 1. The molecule has 0 aromatic heterocycles. The van der Waals surface area contributed by atoms with Gasteiger partial charge in [-0.15, -0.1) is 0 Å². The highest BCUT2D eigenvalue weighted by Crippen LogP contribution is 2.32. The molecular formula is C30H36ClN3O6S. The van der Waals surface area contributed by atoms with Gasteiger partial charge in [0.1, 0.15) is 12.6 Å². The van der Waals surface area contributed by atoms with Crippen LogP contribution in [0.1, 0.15) is 32.8 Å². The molecule has 0 saturated heterocycles. The molecule has 0 bridgehead atoms. The summed E-state index contributed by atoms with van der Waals surface area (Å²) in [6.07, 6.45) is 0.308. The number of benzene rings is 3. The molecule has 0 heterocycles. The van der Waals surface area contributed by atoms with Crippen molar-refractivity contribution in [2.24, 2.45) is 0 Å². The van der Waals surface area contributed by atoms with E-state index < -0.39 is 28.5 Å². The first-order chi connectivity index (χ1) is 19.5. The maximum absolute atomic E-state index is 14.1. The summed E-state index contributed by atoms with van der Waals surface area (Å²) >= 11 is 6.43. The maximum atomic E-state index is 14.1. The van der Waals surface area contributed by atoms with E-state index in [4.69, 9.17) is 21.1 Å². The fraction of sp³-hybridized carbons (Fsp3) is 0.333. The third-order valence-electron chi connectivity index (χ3n) is 6.38. The van der Waals surface area contributed by atoms with Crippen LogP contribution in [0.2, 0.25) is 5.02 Å². The average Bonchev–Trinajstić information content (AvgIpc) is 2.96. The van der Waals surface area contributed by atoms with Gasteiger partial charge in [0.05, 0.1) is 24.8 Å². The molecule has 220 valence electrons. The van der Waals surface area contributed by atoms with Crippen molar-refractivity contribution >= 4 is 39.1 Å². The molecule has 41 heavy (non-hydrogen) atoms. The predicted octanol–water partition coefficient (Wildman–Crippen LogP) is 4.88. The summed E-state index contributed by atoms with van der Waals surface area (Å²) in [5.41, 5.74) is 0.917. The number of methoxy groups -OCH3 is 2. The number of para-hydroxylation sites is 1. The molecule has 0 radical (unpaired) electrons. The Bertz CT molecular complexity index is 1450. The van der Waals surface area contributed by atoms with E-state index in [1.165, 1.54) is 37.3 Å². The first-order valence-corrected chi connectivity index (χ1v) is 15.0. The number of nitrogens with zero attached hydrogens (tertiary/aromatic N) is 2. The van der Waals surface area contributed by atoms with Gasteiger partial charge in [0.25, 0.3) is 10.0 Å². The van der Waals surface area contributed by atoms with Crippen molar-refractivity contribution in [3.63, 3.8) is 0 Å². The van der Waals surface area contributed by atoms with Gasteiger partial charge in [0.15, 0.2) is 11.5 Å². The van der Waals surface area contributed by atoms with E-state index in [2.05, 4.69) is 5.32 Å². The highest BCUT2D eigenvalue weighted by molar-refractivity contribution is 7.92. The van der Waals surface area contributed by atoms with Crippen molar-refractivity contribution in [3.05, 3.63) is 83.4 Å². The van der Waals surface area contributed by atoms with E-state index in [0.717, 1.165) is 4.31 Å². The summed E-state index contributed by atoms with van der Waals surface area (Å²) in [6, 6.07) is 18.6. The van der Waals surface area contributed by atoms with Crippen LogP contribution in [0.3, 0.4) is 0 Å². The van der Waals surface area contributed by atoms with Crippen LogP contribution in [0.4, 0.5) is 5.69 Å². The lowest BCUT2D eigenvalue weighted by Gasteiger charge is -2.33. The van der Waals surface area contributed by atoms with Crippen molar-refractivity contribution in [3.8, 4) is 11.5 Å². The van der Waals surface area contributed by atoms with Gasteiger partial charge in [0, 0.05) is 23.7 Å². The third kappa shape index (κ3) is 7.71. The van der Waals surface area contributed by atoms with Crippen molar-refractivity contribution < 1.29 is 27.5 Å². The van der Waals surface area contributed by atoms with E-state index in [0.29, 0.717) is 22.8 Å². The average molecular weight is 602 g/mol. The minimum Gasteiger partial charge on any atom is -0.493 e. The predicted molar refractivity (Wildman–Crippen MR) is 160 cm³/mol. The first-order valence-electron chi connectivity index (χ1n) is 13.2. The van der Waals surface area contributed by atoms with Gasteiger partial charge in [-0.05, 0) is 56.2 Å². The largest absolute Gasteiger partial charge is 0.493 e. The van der Waals surface area contributed by atoms with Gasteiger partial charge in [0.2, 0.25) is 11.8 Å². The SMILES string of the molecule is CC[C@@H](C(=O)NC(C)C)N(Cc1ccccc1Cl)C(=O)CN(c1ccccc1)S(=O)(=O)c1ccc(OC)c(OC)c1. The number of rotatable bonds is 13. The molecule has 2 amide bonds. The second kappa shape index (κ2) is 14.2. The molecule has 1 atom stereocenters. The molecule has 0 aliphatic carbocycles. The molecule has 0 aliphatic rings. The number of anilines is 1. The van der Waals surface area contributed by atoms with E-state index >= 15 is 0 Å². The molecular weight excluding hydrogens is 566 g/mol. The standard InChI is InChI=1S/C30H36ClN3O6S/c1-6-26(30(36)32-21(2)3)33(19-22-12-10-11-15-25(22)31)29(35)20-34(23-13-8-7-9-14-23)41(37,38)24-16-17-27(39-4)28(18-24)40-5/h7-18,21,26H,6,19-20H2,1-5H3,(H,32,36)/t26-/m0/s1. The third-order valence-corrected chi connectivity index (χ3v) is 8.52. The highest BCUT2D eigenvalue weighted by Gasteiger charge is 2.34. The van der Waals surface area contributed by atoms with Gasteiger partial charge in [-0.2, -0.15) is 0 Å². The summed E-state index contributed by atoms with van der Waals surface area (Å²) in [5.74, 6) is -0.313. The number of carbonyl (C=O) groups is 2. The van der Waals surface area contributed by atoms with Crippen LogP contribution in [0, 0.1) is 0 Å². The monoisotopic (exact) mass is 601 g/mol. The Hall–Kier alpha value is -3.76. The topological polar surface area (TPSA) is 105 Å². The molecule has 0 aliphatic heterocycles. The minimum absolute atomic E-state index is 0.0154. The van der Waals surface area contributed by atoms with Crippen LogP contribution in [0.5, 0.6) is 11.5 Å².